The Hall–Kier alpha value is -2.41. The Morgan fingerprint density at radius 2 is 2.03 bits per heavy atom. The molecule has 0 amide bonds. The molecule has 4 aliphatic rings. The minimum Gasteiger partial charge on any atom is -0.473 e. The van der Waals surface area contributed by atoms with Gasteiger partial charge in [-0.1, -0.05) is 11.6 Å². The second kappa shape index (κ2) is 7.80. The molecule has 2 saturated heterocycles. The van der Waals surface area contributed by atoms with E-state index in [1.54, 1.807) is 18.2 Å². The summed E-state index contributed by atoms with van der Waals surface area (Å²) < 4.78 is 34.7. The number of rotatable bonds is 6. The van der Waals surface area contributed by atoms with Gasteiger partial charge >= 0.3 is 0 Å². The minimum atomic E-state index is -3.20. The summed E-state index contributed by atoms with van der Waals surface area (Å²) in [5.74, 6) is 1.09. The van der Waals surface area contributed by atoms with Gasteiger partial charge in [-0.15, -0.1) is 0 Å². The maximum Gasteiger partial charge on any atom is 0.221 e. The number of benzene rings is 1. The first-order valence-corrected chi connectivity index (χ1v) is 13.7. The third-order valence-electron chi connectivity index (χ3n) is 7.94. The van der Waals surface area contributed by atoms with Crippen LogP contribution in [0.15, 0.2) is 24.5 Å². The molecule has 6 rings (SSSR count). The molecule has 2 aromatic rings. The van der Waals surface area contributed by atoms with Gasteiger partial charge in [0.1, 0.15) is 18.2 Å². The van der Waals surface area contributed by atoms with Gasteiger partial charge in [-0.2, -0.15) is 9.57 Å². The van der Waals surface area contributed by atoms with E-state index in [2.05, 4.69) is 21.4 Å². The highest BCUT2D eigenvalue weighted by atomic mass is 35.5. The molecular weight excluding hydrogens is 474 g/mol. The number of halogens is 1. The van der Waals surface area contributed by atoms with Crippen molar-refractivity contribution in [2.75, 3.05) is 5.32 Å². The maximum absolute atomic E-state index is 13.2. The van der Waals surface area contributed by atoms with E-state index in [4.69, 9.17) is 21.6 Å². The fourth-order valence-corrected chi connectivity index (χ4v) is 8.41. The summed E-state index contributed by atoms with van der Waals surface area (Å²) >= 11 is 6.33. The van der Waals surface area contributed by atoms with Crippen molar-refractivity contribution < 1.29 is 13.2 Å². The Bertz CT molecular complexity index is 1300. The normalized spacial score (nSPS) is 27.4. The second-order valence-electron chi connectivity index (χ2n) is 9.98. The predicted molar refractivity (Wildman–Crippen MR) is 128 cm³/mol. The third-order valence-corrected chi connectivity index (χ3v) is 10.7. The number of hydrogen-bond donors (Lipinski definition) is 1. The maximum atomic E-state index is 13.2. The van der Waals surface area contributed by atoms with Gasteiger partial charge < -0.3 is 10.1 Å². The van der Waals surface area contributed by atoms with Crippen LogP contribution in [0.2, 0.25) is 5.02 Å². The fourth-order valence-electron chi connectivity index (χ4n) is 5.83. The van der Waals surface area contributed by atoms with Crippen LogP contribution in [0, 0.1) is 23.7 Å². The molecular formula is C24H26ClN5O3S. The van der Waals surface area contributed by atoms with Crippen molar-refractivity contribution in [1.29, 1.82) is 5.26 Å². The monoisotopic (exact) mass is 499 g/mol. The number of anilines is 2. The topological polar surface area (TPSA) is 108 Å². The predicted octanol–water partition coefficient (Wildman–Crippen LogP) is 4.31. The summed E-state index contributed by atoms with van der Waals surface area (Å²) in [4.78, 5) is 8.78. The van der Waals surface area contributed by atoms with Gasteiger partial charge in [0.15, 0.2) is 0 Å². The van der Waals surface area contributed by atoms with Gasteiger partial charge in [0.05, 0.1) is 33.2 Å². The summed E-state index contributed by atoms with van der Waals surface area (Å²) in [6.07, 6.45) is 7.50. The highest BCUT2D eigenvalue weighted by molar-refractivity contribution is 7.90. The van der Waals surface area contributed by atoms with E-state index in [0.29, 0.717) is 34.4 Å². The van der Waals surface area contributed by atoms with Crippen LogP contribution in [0.25, 0.3) is 0 Å². The van der Waals surface area contributed by atoms with Gasteiger partial charge in [0.2, 0.25) is 15.9 Å². The number of ether oxygens (including phenoxy) is 1. The van der Waals surface area contributed by atoms with Crippen molar-refractivity contribution in [2.45, 2.75) is 75.3 Å². The number of hydrogen-bond acceptors (Lipinski definition) is 7. The average Bonchev–Trinajstić information content (AvgIpc) is 3.74. The van der Waals surface area contributed by atoms with E-state index in [0.717, 1.165) is 44.1 Å². The molecule has 0 radical (unpaired) electrons. The Morgan fingerprint density at radius 3 is 2.71 bits per heavy atom. The van der Waals surface area contributed by atoms with E-state index in [9.17, 15) is 8.42 Å². The zero-order valence-corrected chi connectivity index (χ0v) is 20.4. The Balaban J connectivity index is 1.24. The molecule has 1 aromatic heterocycles. The van der Waals surface area contributed by atoms with Crippen molar-refractivity contribution in [3.05, 3.63) is 40.7 Å². The van der Waals surface area contributed by atoms with Crippen molar-refractivity contribution in [3.8, 4) is 11.9 Å². The summed E-state index contributed by atoms with van der Waals surface area (Å²) in [5.41, 5.74) is 1.78. The van der Waals surface area contributed by atoms with Gasteiger partial charge in [0.25, 0.3) is 0 Å². The molecule has 2 bridgehead atoms. The number of nitriles is 1. The Morgan fingerprint density at radius 1 is 1.24 bits per heavy atom. The summed E-state index contributed by atoms with van der Waals surface area (Å²) in [6, 6.07) is 7.18. The molecule has 1 spiro atoms. The first kappa shape index (κ1) is 22.1. The van der Waals surface area contributed by atoms with Crippen LogP contribution in [0.3, 0.4) is 0 Å². The van der Waals surface area contributed by atoms with Crippen LogP contribution < -0.4 is 10.1 Å². The van der Waals surface area contributed by atoms with Gasteiger partial charge in [-0.25, -0.2) is 18.4 Å². The molecule has 3 atom stereocenters. The number of nitrogens with zero attached hydrogens (tertiary/aromatic N) is 4. The van der Waals surface area contributed by atoms with Crippen molar-refractivity contribution >= 4 is 33.1 Å². The molecule has 1 aromatic carbocycles. The largest absolute Gasteiger partial charge is 0.473 e. The van der Waals surface area contributed by atoms with Crippen LogP contribution in [0.5, 0.6) is 5.88 Å². The molecule has 3 heterocycles. The zero-order valence-electron chi connectivity index (χ0n) is 18.9. The molecule has 2 saturated carbocycles. The van der Waals surface area contributed by atoms with E-state index in [1.807, 2.05) is 11.2 Å². The Labute approximate surface area is 204 Å². The SMILES string of the molecule is Cc1c(Nc2ccc(C#N)cc2Cl)ncnc1OC1CC2CCC(N2S(=O)(=O)C2CC2)C12CC2. The molecule has 34 heavy (non-hydrogen) atoms. The van der Waals surface area contributed by atoms with Crippen molar-refractivity contribution in [2.24, 2.45) is 5.41 Å². The number of aromatic nitrogens is 2. The van der Waals surface area contributed by atoms with Crippen LogP contribution in [-0.4, -0.2) is 46.1 Å². The lowest BCUT2D eigenvalue weighted by atomic mass is 9.85. The van der Waals surface area contributed by atoms with E-state index in [-0.39, 0.29) is 28.9 Å². The number of fused-ring (bicyclic) bond motifs is 3. The first-order valence-electron chi connectivity index (χ1n) is 11.8. The van der Waals surface area contributed by atoms with Gasteiger partial charge in [-0.05, 0) is 63.6 Å². The molecule has 2 aliphatic carbocycles. The average molecular weight is 500 g/mol. The summed E-state index contributed by atoms with van der Waals surface area (Å²) in [6.45, 7) is 1.90. The highest BCUT2D eigenvalue weighted by Gasteiger charge is 2.67. The van der Waals surface area contributed by atoms with E-state index >= 15 is 0 Å². The van der Waals surface area contributed by atoms with Crippen molar-refractivity contribution in [3.63, 3.8) is 0 Å². The lowest BCUT2D eigenvalue weighted by Gasteiger charge is -2.44. The fraction of sp³-hybridized carbons (Fsp3) is 0.542. The van der Waals surface area contributed by atoms with Gasteiger partial charge in [0, 0.05) is 23.9 Å². The second-order valence-corrected chi connectivity index (χ2v) is 12.5. The zero-order chi connectivity index (χ0) is 23.7. The Kier molecular flexibility index (Phi) is 5.07. The van der Waals surface area contributed by atoms with Gasteiger partial charge in [-0.3, -0.25) is 0 Å². The molecule has 10 heteroatoms. The van der Waals surface area contributed by atoms with Crippen LogP contribution in [-0.2, 0) is 10.0 Å². The van der Waals surface area contributed by atoms with Crippen LogP contribution >= 0.6 is 11.6 Å². The molecule has 1 N–H and O–H groups in total. The smallest absolute Gasteiger partial charge is 0.221 e. The molecule has 2 aliphatic heterocycles. The number of piperidine rings is 1. The first-order chi connectivity index (χ1) is 16.3. The lowest BCUT2D eigenvalue weighted by molar-refractivity contribution is 0.0149. The number of sulfonamides is 1. The van der Waals surface area contributed by atoms with Crippen LogP contribution in [0.4, 0.5) is 11.5 Å². The quantitative estimate of drug-likeness (QED) is 0.630. The molecule has 3 unspecified atom stereocenters. The number of nitrogens with one attached hydrogen (secondary N) is 1. The minimum absolute atomic E-state index is 0.0176. The third kappa shape index (κ3) is 3.46. The lowest BCUT2D eigenvalue weighted by Crippen LogP contribution is -2.56. The molecule has 8 nitrogen and oxygen atoms in total. The van der Waals surface area contributed by atoms with Crippen LogP contribution in [0.1, 0.15) is 56.1 Å². The summed E-state index contributed by atoms with van der Waals surface area (Å²) in [5, 5.41) is 12.5. The summed E-state index contributed by atoms with van der Waals surface area (Å²) in [7, 11) is -3.20. The van der Waals surface area contributed by atoms with Crippen molar-refractivity contribution in [1.82, 2.24) is 14.3 Å². The standard InChI is InChI=1S/C24H26ClN5O3S/c1-14-22(29-19-6-2-15(12-26)10-18(19)25)27-13-28-23(14)33-21-11-16-3-7-20(24(21)8-9-24)30(16)34(31,32)17-4-5-17/h2,6,10,13,16-17,20-21H,3-5,7-9,11H2,1H3,(H,27,28,29). The molecule has 178 valence electrons. The molecule has 4 fully saturated rings. The highest BCUT2D eigenvalue weighted by Crippen LogP contribution is 2.63. The van der Waals surface area contributed by atoms with E-state index < -0.39 is 10.0 Å². The van der Waals surface area contributed by atoms with E-state index in [1.165, 1.54) is 6.33 Å².